The van der Waals surface area contributed by atoms with Gasteiger partial charge >= 0.3 is 5.97 Å². The molecule has 0 saturated carbocycles. The molecule has 0 unspecified atom stereocenters. The van der Waals surface area contributed by atoms with E-state index in [9.17, 15) is 14.4 Å². The van der Waals surface area contributed by atoms with Crippen LogP contribution in [0.1, 0.15) is 33.6 Å². The van der Waals surface area contributed by atoms with Gasteiger partial charge in [-0.2, -0.15) is 5.10 Å². The Morgan fingerprint density at radius 2 is 1.96 bits per heavy atom. The zero-order valence-electron chi connectivity index (χ0n) is 15.2. The average Bonchev–Trinajstić information content (AvgIpc) is 2.62. The molecule has 0 aliphatic carbocycles. The van der Waals surface area contributed by atoms with E-state index in [0.717, 1.165) is 12.2 Å². The van der Waals surface area contributed by atoms with E-state index in [0.29, 0.717) is 11.7 Å². The van der Waals surface area contributed by atoms with Crippen molar-refractivity contribution in [3.63, 3.8) is 0 Å². The number of carbonyl (C=O) groups is 3. The molecule has 0 saturated heterocycles. The van der Waals surface area contributed by atoms with Crippen LogP contribution in [0.5, 0.6) is 0 Å². The van der Waals surface area contributed by atoms with Gasteiger partial charge in [0.25, 0.3) is 5.91 Å². The van der Waals surface area contributed by atoms with Crippen molar-refractivity contribution in [3.05, 3.63) is 24.3 Å². The van der Waals surface area contributed by atoms with E-state index in [4.69, 9.17) is 4.74 Å². The Balaban J connectivity index is 1.84. The molecule has 0 spiro atoms. The second-order valence-electron chi connectivity index (χ2n) is 6.14. The number of anilines is 2. The molecule has 8 nitrogen and oxygen atoms in total. The minimum Gasteiger partial charge on any atom is -0.451 e. The monoisotopic (exact) mass is 360 g/mol. The molecule has 2 rings (SSSR count). The molecule has 1 aromatic carbocycles. The third kappa shape index (κ3) is 5.30. The second kappa shape index (κ2) is 8.98. The molecule has 1 aliphatic rings. The molecule has 0 atom stereocenters. The molecule has 0 fully saturated rings. The molecule has 140 valence electrons. The summed E-state index contributed by atoms with van der Waals surface area (Å²) in [5.41, 5.74) is 4.01. The topological polar surface area (TPSA) is 100 Å². The third-order valence-electron chi connectivity index (χ3n) is 3.92. The summed E-state index contributed by atoms with van der Waals surface area (Å²) >= 11 is 0. The molecular formula is C18H24N4O4. The van der Waals surface area contributed by atoms with Gasteiger partial charge in [0.15, 0.2) is 6.61 Å². The largest absolute Gasteiger partial charge is 0.451 e. The lowest BCUT2D eigenvalue weighted by molar-refractivity contribution is -0.140. The summed E-state index contributed by atoms with van der Waals surface area (Å²) in [5.74, 6) is -1.39. The highest BCUT2D eigenvalue weighted by Crippen LogP contribution is 2.19. The standard InChI is InChI=1S/C18H24N4O4/c1-4-22(12(2)3)14-7-5-13(6-8-14)19-17(24)11-26-18(25)15-9-10-16(23)21-20-15/h5-8,12H,4,9-11H2,1-3H3,(H,19,24)(H,21,23). The van der Waals surface area contributed by atoms with E-state index in [1.165, 1.54) is 0 Å². The maximum absolute atomic E-state index is 11.9. The Hall–Kier alpha value is -2.90. The summed E-state index contributed by atoms with van der Waals surface area (Å²) in [4.78, 5) is 36.9. The van der Waals surface area contributed by atoms with Crippen LogP contribution < -0.4 is 15.6 Å². The number of nitrogens with zero attached hydrogens (tertiary/aromatic N) is 2. The second-order valence-corrected chi connectivity index (χ2v) is 6.14. The quantitative estimate of drug-likeness (QED) is 0.721. The number of hydrogen-bond acceptors (Lipinski definition) is 6. The van der Waals surface area contributed by atoms with E-state index in [2.05, 4.69) is 41.5 Å². The molecular weight excluding hydrogens is 336 g/mol. The Bertz CT molecular complexity index is 698. The summed E-state index contributed by atoms with van der Waals surface area (Å²) in [5, 5.41) is 6.30. The normalized spacial score (nSPS) is 13.7. The van der Waals surface area contributed by atoms with Gasteiger partial charge in [0.1, 0.15) is 5.71 Å². The van der Waals surface area contributed by atoms with Crippen molar-refractivity contribution >= 4 is 34.9 Å². The van der Waals surface area contributed by atoms with Gasteiger partial charge in [-0.25, -0.2) is 10.2 Å². The molecule has 0 aromatic heterocycles. The van der Waals surface area contributed by atoms with Crippen molar-refractivity contribution in [1.82, 2.24) is 5.43 Å². The molecule has 1 aromatic rings. The fourth-order valence-corrected chi connectivity index (χ4v) is 2.61. The molecule has 1 aliphatic heterocycles. The SMILES string of the molecule is CCN(c1ccc(NC(=O)COC(=O)C2=NNC(=O)CC2)cc1)C(C)C. The predicted octanol–water partition coefficient (Wildman–Crippen LogP) is 1.67. The van der Waals surface area contributed by atoms with Crippen molar-refractivity contribution in [3.8, 4) is 0 Å². The van der Waals surface area contributed by atoms with Crippen LogP contribution in [0.25, 0.3) is 0 Å². The summed E-state index contributed by atoms with van der Waals surface area (Å²) < 4.78 is 4.92. The van der Waals surface area contributed by atoms with Crippen molar-refractivity contribution in [2.45, 2.75) is 39.7 Å². The number of nitrogens with one attached hydrogen (secondary N) is 2. The first-order valence-electron chi connectivity index (χ1n) is 8.59. The Morgan fingerprint density at radius 1 is 1.27 bits per heavy atom. The summed E-state index contributed by atoms with van der Waals surface area (Å²) in [7, 11) is 0. The molecule has 0 radical (unpaired) electrons. The fraction of sp³-hybridized carbons (Fsp3) is 0.444. The van der Waals surface area contributed by atoms with Gasteiger partial charge in [0.05, 0.1) is 0 Å². The minimum atomic E-state index is -0.703. The Morgan fingerprint density at radius 3 is 2.50 bits per heavy atom. The van der Waals surface area contributed by atoms with Gasteiger partial charge < -0.3 is 15.0 Å². The Labute approximate surface area is 152 Å². The van der Waals surface area contributed by atoms with Crippen LogP contribution >= 0.6 is 0 Å². The lowest BCUT2D eigenvalue weighted by Gasteiger charge is -2.27. The molecule has 2 amide bonds. The first-order chi connectivity index (χ1) is 12.4. The van der Waals surface area contributed by atoms with Gasteiger partial charge in [-0.05, 0) is 45.0 Å². The van der Waals surface area contributed by atoms with E-state index < -0.39 is 18.5 Å². The summed E-state index contributed by atoms with van der Waals surface area (Å²) in [6.45, 7) is 6.81. The maximum Gasteiger partial charge on any atom is 0.355 e. The minimum absolute atomic E-state index is 0.107. The zero-order valence-corrected chi connectivity index (χ0v) is 15.2. The lowest BCUT2D eigenvalue weighted by atomic mass is 10.2. The number of benzene rings is 1. The van der Waals surface area contributed by atoms with Gasteiger partial charge in [-0.3, -0.25) is 9.59 Å². The highest BCUT2D eigenvalue weighted by atomic mass is 16.5. The number of esters is 1. The van der Waals surface area contributed by atoms with Crippen LogP contribution in [0.15, 0.2) is 29.4 Å². The highest BCUT2D eigenvalue weighted by Gasteiger charge is 2.20. The summed E-state index contributed by atoms with van der Waals surface area (Å²) in [6.07, 6.45) is 0.384. The molecule has 2 N–H and O–H groups in total. The first-order valence-corrected chi connectivity index (χ1v) is 8.59. The number of rotatable bonds is 7. The van der Waals surface area contributed by atoms with Crippen molar-refractivity contribution < 1.29 is 19.1 Å². The van der Waals surface area contributed by atoms with Crippen LogP contribution in [0.2, 0.25) is 0 Å². The van der Waals surface area contributed by atoms with E-state index in [-0.39, 0.29) is 24.5 Å². The van der Waals surface area contributed by atoms with Gasteiger partial charge in [0, 0.05) is 36.8 Å². The molecule has 8 heteroatoms. The third-order valence-corrected chi connectivity index (χ3v) is 3.92. The first kappa shape index (κ1) is 19.4. The number of hydrogen-bond donors (Lipinski definition) is 2. The number of ether oxygens (including phenoxy) is 1. The van der Waals surface area contributed by atoms with Crippen molar-refractivity contribution in [2.75, 3.05) is 23.4 Å². The van der Waals surface area contributed by atoms with Crippen LogP contribution in [0.4, 0.5) is 11.4 Å². The molecule has 26 heavy (non-hydrogen) atoms. The maximum atomic E-state index is 11.9. The van der Waals surface area contributed by atoms with Gasteiger partial charge in [0.2, 0.25) is 5.91 Å². The lowest BCUT2D eigenvalue weighted by Crippen LogP contribution is -2.32. The fourth-order valence-electron chi connectivity index (χ4n) is 2.61. The predicted molar refractivity (Wildman–Crippen MR) is 99.0 cm³/mol. The van der Waals surface area contributed by atoms with Crippen molar-refractivity contribution in [1.29, 1.82) is 0 Å². The highest BCUT2D eigenvalue weighted by molar-refractivity contribution is 6.37. The average molecular weight is 360 g/mol. The van der Waals surface area contributed by atoms with Gasteiger partial charge in [-0.1, -0.05) is 0 Å². The van der Waals surface area contributed by atoms with Gasteiger partial charge in [-0.15, -0.1) is 0 Å². The van der Waals surface area contributed by atoms with Crippen LogP contribution in [0.3, 0.4) is 0 Å². The van der Waals surface area contributed by atoms with Crippen LogP contribution in [-0.2, 0) is 19.1 Å². The number of carbonyl (C=O) groups excluding carboxylic acids is 3. The number of amides is 2. The van der Waals surface area contributed by atoms with E-state index >= 15 is 0 Å². The number of hydrazone groups is 1. The molecule has 1 heterocycles. The zero-order chi connectivity index (χ0) is 19.1. The van der Waals surface area contributed by atoms with E-state index in [1.807, 2.05) is 12.1 Å². The van der Waals surface area contributed by atoms with E-state index in [1.54, 1.807) is 12.1 Å². The molecule has 0 bridgehead atoms. The van der Waals surface area contributed by atoms with Crippen LogP contribution in [-0.4, -0.2) is 42.7 Å². The van der Waals surface area contributed by atoms with Crippen molar-refractivity contribution in [2.24, 2.45) is 5.10 Å². The summed E-state index contributed by atoms with van der Waals surface area (Å²) in [6, 6.07) is 7.86. The Kier molecular flexibility index (Phi) is 6.71. The van der Waals surface area contributed by atoms with Crippen LogP contribution in [0, 0.1) is 0 Å². The smallest absolute Gasteiger partial charge is 0.355 e.